The Morgan fingerprint density at radius 3 is 2.71 bits per heavy atom. The maximum atomic E-state index is 6.17. The van der Waals surface area contributed by atoms with Crippen molar-refractivity contribution in [2.75, 3.05) is 13.6 Å². The van der Waals surface area contributed by atoms with Crippen molar-refractivity contribution < 1.29 is 0 Å². The molecular weight excluding hydrogens is 282 g/mol. The monoisotopic (exact) mass is 299 g/mol. The molecule has 0 saturated carbocycles. The molecule has 0 saturated heterocycles. The second-order valence-electron chi connectivity index (χ2n) is 5.06. The van der Waals surface area contributed by atoms with Gasteiger partial charge in [0.2, 0.25) is 0 Å². The first kappa shape index (κ1) is 14.1. The van der Waals surface area contributed by atoms with Crippen molar-refractivity contribution in [3.05, 3.63) is 53.6 Å². The molecule has 2 aromatic carbocycles. The molecule has 108 valence electrons. The highest BCUT2D eigenvalue weighted by Crippen LogP contribution is 2.30. The minimum absolute atomic E-state index is 0.745. The molecule has 0 bridgehead atoms. The van der Waals surface area contributed by atoms with Gasteiger partial charge in [-0.1, -0.05) is 41.9 Å². The highest BCUT2D eigenvalue weighted by Gasteiger charge is 2.13. The predicted octanol–water partition coefficient (Wildman–Crippen LogP) is 3.97. The van der Waals surface area contributed by atoms with Crippen molar-refractivity contribution in [1.82, 2.24) is 15.1 Å². The van der Waals surface area contributed by atoms with Gasteiger partial charge >= 0.3 is 0 Å². The maximum Gasteiger partial charge on any atom is 0.0931 e. The van der Waals surface area contributed by atoms with Gasteiger partial charge < -0.3 is 5.32 Å². The van der Waals surface area contributed by atoms with Gasteiger partial charge in [-0.3, -0.25) is 4.68 Å². The SMILES string of the molecule is CNCCCn1nc2ccc(Cl)cc2c1-c1ccccc1. The van der Waals surface area contributed by atoms with Crippen LogP contribution in [0, 0.1) is 0 Å². The first-order chi connectivity index (χ1) is 10.3. The van der Waals surface area contributed by atoms with Crippen LogP contribution in [0.25, 0.3) is 22.2 Å². The smallest absolute Gasteiger partial charge is 0.0931 e. The summed E-state index contributed by atoms with van der Waals surface area (Å²) in [6.45, 7) is 1.86. The summed E-state index contributed by atoms with van der Waals surface area (Å²) in [5.41, 5.74) is 3.30. The van der Waals surface area contributed by atoms with E-state index in [1.807, 2.05) is 31.3 Å². The lowest BCUT2D eigenvalue weighted by atomic mass is 10.1. The van der Waals surface area contributed by atoms with Gasteiger partial charge in [0.15, 0.2) is 0 Å². The van der Waals surface area contributed by atoms with Crippen molar-refractivity contribution in [3.8, 4) is 11.3 Å². The standard InChI is InChI=1S/C17H18ClN3/c1-19-10-5-11-21-17(13-6-3-2-4-7-13)15-12-14(18)8-9-16(15)20-21/h2-4,6-9,12,19H,5,10-11H2,1H3. The summed E-state index contributed by atoms with van der Waals surface area (Å²) in [5.74, 6) is 0. The Bertz CT molecular complexity index is 734. The van der Waals surface area contributed by atoms with Crippen molar-refractivity contribution in [1.29, 1.82) is 0 Å². The summed E-state index contributed by atoms with van der Waals surface area (Å²) in [6, 6.07) is 16.2. The lowest BCUT2D eigenvalue weighted by Crippen LogP contribution is -2.12. The Morgan fingerprint density at radius 1 is 1.14 bits per heavy atom. The molecule has 0 aliphatic heterocycles. The summed E-state index contributed by atoms with van der Waals surface area (Å²) in [7, 11) is 1.97. The highest BCUT2D eigenvalue weighted by molar-refractivity contribution is 6.31. The summed E-state index contributed by atoms with van der Waals surface area (Å²) >= 11 is 6.17. The van der Waals surface area contributed by atoms with E-state index in [2.05, 4.69) is 34.3 Å². The van der Waals surface area contributed by atoms with Crippen molar-refractivity contribution >= 4 is 22.5 Å². The molecule has 1 heterocycles. The fraction of sp³-hybridized carbons (Fsp3) is 0.235. The summed E-state index contributed by atoms with van der Waals surface area (Å²) in [4.78, 5) is 0. The minimum Gasteiger partial charge on any atom is -0.320 e. The van der Waals surface area contributed by atoms with Gasteiger partial charge in [-0.25, -0.2) is 0 Å². The molecule has 0 aliphatic rings. The van der Waals surface area contributed by atoms with Crippen LogP contribution < -0.4 is 5.32 Å². The van der Waals surface area contributed by atoms with Gasteiger partial charge in [0, 0.05) is 22.5 Å². The molecule has 3 rings (SSSR count). The topological polar surface area (TPSA) is 29.9 Å². The maximum absolute atomic E-state index is 6.17. The number of hydrogen-bond donors (Lipinski definition) is 1. The van der Waals surface area contributed by atoms with Gasteiger partial charge in [0.05, 0.1) is 11.2 Å². The van der Waals surface area contributed by atoms with Crippen LogP contribution in [0.3, 0.4) is 0 Å². The van der Waals surface area contributed by atoms with E-state index in [0.29, 0.717) is 0 Å². The van der Waals surface area contributed by atoms with Crippen LogP contribution in [-0.2, 0) is 6.54 Å². The lowest BCUT2D eigenvalue weighted by Gasteiger charge is -2.08. The molecule has 0 atom stereocenters. The fourth-order valence-corrected chi connectivity index (χ4v) is 2.74. The molecule has 1 N–H and O–H groups in total. The van der Waals surface area contributed by atoms with E-state index in [1.165, 1.54) is 5.56 Å². The third-order valence-corrected chi connectivity index (χ3v) is 3.78. The number of benzene rings is 2. The first-order valence-electron chi connectivity index (χ1n) is 7.15. The molecule has 0 fully saturated rings. The van der Waals surface area contributed by atoms with Crippen LogP contribution in [0.1, 0.15) is 6.42 Å². The zero-order valence-corrected chi connectivity index (χ0v) is 12.8. The second-order valence-corrected chi connectivity index (χ2v) is 5.49. The molecule has 3 aromatic rings. The number of nitrogens with zero attached hydrogens (tertiary/aromatic N) is 2. The first-order valence-corrected chi connectivity index (χ1v) is 7.53. The Labute approximate surface area is 129 Å². The molecule has 0 unspecified atom stereocenters. The number of rotatable bonds is 5. The average molecular weight is 300 g/mol. The van der Waals surface area contributed by atoms with Crippen LogP contribution >= 0.6 is 11.6 Å². The van der Waals surface area contributed by atoms with E-state index in [0.717, 1.165) is 41.1 Å². The Balaban J connectivity index is 2.12. The van der Waals surface area contributed by atoms with Crippen molar-refractivity contribution in [2.24, 2.45) is 0 Å². The fourth-order valence-electron chi connectivity index (χ4n) is 2.57. The zero-order valence-electron chi connectivity index (χ0n) is 12.0. The zero-order chi connectivity index (χ0) is 14.7. The van der Waals surface area contributed by atoms with Gasteiger partial charge in [-0.05, 0) is 38.2 Å². The molecule has 3 nitrogen and oxygen atoms in total. The van der Waals surface area contributed by atoms with Crippen LogP contribution in [0.5, 0.6) is 0 Å². The number of aromatic nitrogens is 2. The third kappa shape index (κ3) is 2.94. The third-order valence-electron chi connectivity index (χ3n) is 3.54. The van der Waals surface area contributed by atoms with E-state index in [9.17, 15) is 0 Å². The van der Waals surface area contributed by atoms with Crippen molar-refractivity contribution in [3.63, 3.8) is 0 Å². The Kier molecular flexibility index (Phi) is 4.23. The largest absolute Gasteiger partial charge is 0.320 e. The quantitative estimate of drug-likeness (QED) is 0.723. The molecule has 21 heavy (non-hydrogen) atoms. The van der Waals surface area contributed by atoms with Crippen molar-refractivity contribution in [2.45, 2.75) is 13.0 Å². The molecule has 0 aliphatic carbocycles. The molecule has 4 heteroatoms. The molecular formula is C17H18ClN3. The molecule has 0 amide bonds. The number of fused-ring (bicyclic) bond motifs is 1. The Morgan fingerprint density at radius 2 is 1.95 bits per heavy atom. The van der Waals surface area contributed by atoms with E-state index >= 15 is 0 Å². The summed E-state index contributed by atoms with van der Waals surface area (Å²) < 4.78 is 2.09. The van der Waals surface area contributed by atoms with Gasteiger partial charge in [0.25, 0.3) is 0 Å². The highest BCUT2D eigenvalue weighted by atomic mass is 35.5. The molecule has 1 aromatic heterocycles. The van der Waals surface area contributed by atoms with Gasteiger partial charge in [-0.2, -0.15) is 5.10 Å². The van der Waals surface area contributed by atoms with Gasteiger partial charge in [0.1, 0.15) is 0 Å². The second kappa shape index (κ2) is 6.29. The van der Waals surface area contributed by atoms with Crippen LogP contribution in [0.4, 0.5) is 0 Å². The number of hydrogen-bond acceptors (Lipinski definition) is 2. The number of nitrogens with one attached hydrogen (secondary N) is 1. The summed E-state index contributed by atoms with van der Waals surface area (Å²) in [5, 5.41) is 9.76. The predicted molar refractivity (Wildman–Crippen MR) is 88.7 cm³/mol. The number of halogens is 1. The van der Waals surface area contributed by atoms with E-state index in [-0.39, 0.29) is 0 Å². The minimum atomic E-state index is 0.745. The lowest BCUT2D eigenvalue weighted by molar-refractivity contribution is 0.571. The molecule has 0 spiro atoms. The van der Waals surface area contributed by atoms with E-state index < -0.39 is 0 Å². The van der Waals surface area contributed by atoms with Crippen LogP contribution in [0.15, 0.2) is 48.5 Å². The van der Waals surface area contributed by atoms with Gasteiger partial charge in [-0.15, -0.1) is 0 Å². The summed E-state index contributed by atoms with van der Waals surface area (Å²) in [6.07, 6.45) is 1.04. The molecule has 0 radical (unpaired) electrons. The normalized spacial score (nSPS) is 11.1. The van der Waals surface area contributed by atoms with Crippen LogP contribution in [-0.4, -0.2) is 23.4 Å². The van der Waals surface area contributed by atoms with E-state index in [4.69, 9.17) is 16.7 Å². The Hall–Kier alpha value is -1.84. The average Bonchev–Trinajstić information content (AvgIpc) is 2.86. The van der Waals surface area contributed by atoms with E-state index in [1.54, 1.807) is 0 Å². The van der Waals surface area contributed by atoms with Crippen LogP contribution in [0.2, 0.25) is 5.02 Å². The number of aryl methyl sites for hydroxylation is 1.